The van der Waals surface area contributed by atoms with Crippen LogP contribution in [0.5, 0.6) is 0 Å². The Labute approximate surface area is 107 Å². The molecule has 0 aliphatic carbocycles. The second kappa shape index (κ2) is 6.35. The van der Waals surface area contributed by atoms with Crippen LogP contribution >= 0.6 is 0 Å². The number of ether oxygens (including phenoxy) is 1. The minimum Gasteiger partial charge on any atom is -0.378 e. The second-order valence-electron chi connectivity index (χ2n) is 4.29. The minimum absolute atomic E-state index is 0.0561. The van der Waals surface area contributed by atoms with Crippen molar-refractivity contribution in [2.45, 2.75) is 13.3 Å². The summed E-state index contributed by atoms with van der Waals surface area (Å²) in [4.78, 5) is 18.2. The SMILES string of the molecule is CCCNC(=O)c1cncc(N2CCOCC2)c1. The van der Waals surface area contributed by atoms with Gasteiger partial charge in [-0.1, -0.05) is 6.92 Å². The van der Waals surface area contributed by atoms with Gasteiger partial charge in [-0.15, -0.1) is 0 Å². The molecule has 0 saturated carbocycles. The minimum atomic E-state index is -0.0561. The third-order valence-corrected chi connectivity index (χ3v) is 2.90. The topological polar surface area (TPSA) is 54.5 Å². The maximum absolute atomic E-state index is 11.8. The summed E-state index contributed by atoms with van der Waals surface area (Å²) in [6, 6.07) is 1.89. The van der Waals surface area contributed by atoms with Crippen molar-refractivity contribution in [3.63, 3.8) is 0 Å². The zero-order valence-corrected chi connectivity index (χ0v) is 10.7. The number of aromatic nitrogens is 1. The monoisotopic (exact) mass is 249 g/mol. The molecule has 5 heteroatoms. The van der Waals surface area contributed by atoms with Crippen LogP contribution in [0.2, 0.25) is 0 Å². The molecule has 1 N–H and O–H groups in total. The third-order valence-electron chi connectivity index (χ3n) is 2.90. The Hall–Kier alpha value is -1.62. The summed E-state index contributed by atoms with van der Waals surface area (Å²) in [7, 11) is 0. The Bertz CT molecular complexity index is 403. The molecule has 2 heterocycles. The van der Waals surface area contributed by atoms with Gasteiger partial charge in [-0.2, -0.15) is 0 Å². The molecule has 1 saturated heterocycles. The number of nitrogens with zero attached hydrogens (tertiary/aromatic N) is 2. The zero-order chi connectivity index (χ0) is 12.8. The molecule has 1 aromatic rings. The predicted molar refractivity (Wildman–Crippen MR) is 69.9 cm³/mol. The average Bonchev–Trinajstić information content (AvgIpc) is 2.46. The molecule has 0 aromatic carbocycles. The lowest BCUT2D eigenvalue weighted by molar-refractivity contribution is 0.0953. The fourth-order valence-corrected chi connectivity index (χ4v) is 1.89. The van der Waals surface area contributed by atoms with E-state index in [2.05, 4.69) is 15.2 Å². The molecular formula is C13H19N3O2. The van der Waals surface area contributed by atoms with Gasteiger partial charge in [-0.05, 0) is 12.5 Å². The maximum Gasteiger partial charge on any atom is 0.252 e. The predicted octanol–water partition coefficient (Wildman–Crippen LogP) is 1.06. The maximum atomic E-state index is 11.8. The molecule has 5 nitrogen and oxygen atoms in total. The molecule has 1 aromatic heterocycles. The summed E-state index contributed by atoms with van der Waals surface area (Å²) in [5.41, 5.74) is 1.61. The first-order chi connectivity index (χ1) is 8.81. The first-order valence-corrected chi connectivity index (χ1v) is 6.37. The molecule has 0 bridgehead atoms. The van der Waals surface area contributed by atoms with Crippen LogP contribution in [-0.2, 0) is 4.74 Å². The number of nitrogens with one attached hydrogen (secondary N) is 1. The summed E-state index contributed by atoms with van der Waals surface area (Å²) in [5.74, 6) is -0.0561. The Morgan fingerprint density at radius 2 is 2.22 bits per heavy atom. The van der Waals surface area contributed by atoms with Crippen LogP contribution in [0.4, 0.5) is 5.69 Å². The summed E-state index contributed by atoms with van der Waals surface area (Å²) < 4.78 is 5.31. The zero-order valence-electron chi connectivity index (χ0n) is 10.7. The molecule has 18 heavy (non-hydrogen) atoms. The van der Waals surface area contributed by atoms with Crippen molar-refractivity contribution in [1.82, 2.24) is 10.3 Å². The van der Waals surface area contributed by atoms with Gasteiger partial charge >= 0.3 is 0 Å². The number of hydrogen-bond donors (Lipinski definition) is 1. The standard InChI is InChI=1S/C13H19N3O2/c1-2-3-15-13(17)11-8-12(10-14-9-11)16-4-6-18-7-5-16/h8-10H,2-7H2,1H3,(H,15,17). The van der Waals surface area contributed by atoms with Gasteiger partial charge in [-0.25, -0.2) is 0 Å². The molecule has 1 amide bonds. The van der Waals surface area contributed by atoms with Crippen LogP contribution in [0, 0.1) is 0 Å². The van der Waals surface area contributed by atoms with Crippen molar-refractivity contribution in [1.29, 1.82) is 0 Å². The smallest absolute Gasteiger partial charge is 0.252 e. The summed E-state index contributed by atoms with van der Waals surface area (Å²) in [6.07, 6.45) is 4.33. The Kier molecular flexibility index (Phi) is 4.52. The summed E-state index contributed by atoms with van der Waals surface area (Å²) >= 11 is 0. The van der Waals surface area contributed by atoms with E-state index in [9.17, 15) is 4.79 Å². The number of carbonyl (C=O) groups excluding carboxylic acids is 1. The molecule has 98 valence electrons. The van der Waals surface area contributed by atoms with Crippen molar-refractivity contribution >= 4 is 11.6 Å². The van der Waals surface area contributed by atoms with Crippen molar-refractivity contribution in [2.75, 3.05) is 37.7 Å². The third kappa shape index (κ3) is 3.20. The summed E-state index contributed by atoms with van der Waals surface area (Å²) in [6.45, 7) is 5.88. The number of rotatable bonds is 4. The van der Waals surface area contributed by atoms with Crippen molar-refractivity contribution < 1.29 is 9.53 Å². The quantitative estimate of drug-likeness (QED) is 0.867. The highest BCUT2D eigenvalue weighted by Gasteiger charge is 2.13. The average molecular weight is 249 g/mol. The number of carbonyl (C=O) groups is 1. The van der Waals surface area contributed by atoms with Crippen molar-refractivity contribution in [3.8, 4) is 0 Å². The lowest BCUT2D eigenvalue weighted by atomic mass is 10.2. The highest BCUT2D eigenvalue weighted by Crippen LogP contribution is 2.15. The fourth-order valence-electron chi connectivity index (χ4n) is 1.89. The van der Waals surface area contributed by atoms with Crippen LogP contribution in [0.15, 0.2) is 18.5 Å². The van der Waals surface area contributed by atoms with E-state index in [1.54, 1.807) is 12.4 Å². The first kappa shape index (κ1) is 12.8. The van der Waals surface area contributed by atoms with Gasteiger partial charge in [-0.3, -0.25) is 9.78 Å². The number of hydrogen-bond acceptors (Lipinski definition) is 4. The van der Waals surface area contributed by atoms with E-state index < -0.39 is 0 Å². The number of amides is 1. The van der Waals surface area contributed by atoms with E-state index in [0.717, 1.165) is 38.4 Å². The van der Waals surface area contributed by atoms with E-state index in [1.807, 2.05) is 13.0 Å². The van der Waals surface area contributed by atoms with Crippen LogP contribution < -0.4 is 10.2 Å². The van der Waals surface area contributed by atoms with Crippen molar-refractivity contribution in [2.24, 2.45) is 0 Å². The van der Waals surface area contributed by atoms with Gasteiger partial charge in [0, 0.05) is 25.8 Å². The van der Waals surface area contributed by atoms with Crippen LogP contribution in [0.25, 0.3) is 0 Å². The molecule has 1 aliphatic rings. The van der Waals surface area contributed by atoms with Gasteiger partial charge in [0.1, 0.15) is 0 Å². The largest absolute Gasteiger partial charge is 0.378 e. The lowest BCUT2D eigenvalue weighted by Gasteiger charge is -2.28. The van der Waals surface area contributed by atoms with Gasteiger partial charge in [0.15, 0.2) is 0 Å². The van der Waals surface area contributed by atoms with E-state index >= 15 is 0 Å². The molecule has 2 rings (SSSR count). The Morgan fingerprint density at radius 1 is 1.44 bits per heavy atom. The molecule has 0 radical (unpaired) electrons. The van der Waals surface area contributed by atoms with Crippen LogP contribution in [0.3, 0.4) is 0 Å². The highest BCUT2D eigenvalue weighted by atomic mass is 16.5. The van der Waals surface area contributed by atoms with Gasteiger partial charge < -0.3 is 15.0 Å². The highest BCUT2D eigenvalue weighted by molar-refractivity contribution is 5.94. The Morgan fingerprint density at radius 3 is 2.94 bits per heavy atom. The number of pyridine rings is 1. The molecule has 0 unspecified atom stereocenters. The van der Waals surface area contributed by atoms with E-state index in [4.69, 9.17) is 4.74 Å². The molecule has 0 spiro atoms. The first-order valence-electron chi connectivity index (χ1n) is 6.37. The van der Waals surface area contributed by atoms with E-state index in [0.29, 0.717) is 12.1 Å². The molecule has 1 fully saturated rings. The van der Waals surface area contributed by atoms with E-state index in [-0.39, 0.29) is 5.91 Å². The summed E-state index contributed by atoms with van der Waals surface area (Å²) in [5, 5.41) is 2.86. The number of morpholine rings is 1. The van der Waals surface area contributed by atoms with E-state index in [1.165, 1.54) is 0 Å². The Balaban J connectivity index is 2.06. The van der Waals surface area contributed by atoms with Gasteiger partial charge in [0.25, 0.3) is 5.91 Å². The molecule has 1 aliphatic heterocycles. The van der Waals surface area contributed by atoms with Crippen LogP contribution in [0.1, 0.15) is 23.7 Å². The molecular weight excluding hydrogens is 230 g/mol. The fraction of sp³-hybridized carbons (Fsp3) is 0.538. The van der Waals surface area contributed by atoms with Crippen LogP contribution in [-0.4, -0.2) is 43.7 Å². The van der Waals surface area contributed by atoms with Gasteiger partial charge in [0.2, 0.25) is 0 Å². The normalized spacial score (nSPS) is 15.5. The second-order valence-corrected chi connectivity index (χ2v) is 4.29. The van der Waals surface area contributed by atoms with Gasteiger partial charge in [0.05, 0.1) is 30.7 Å². The lowest BCUT2D eigenvalue weighted by Crippen LogP contribution is -2.36. The van der Waals surface area contributed by atoms with Crippen molar-refractivity contribution in [3.05, 3.63) is 24.0 Å². The molecule has 0 atom stereocenters. The number of anilines is 1.